The third-order valence-corrected chi connectivity index (χ3v) is 8.23. The van der Waals surface area contributed by atoms with E-state index in [0.717, 1.165) is 67.1 Å². The second kappa shape index (κ2) is 24.3. The molecule has 50 heavy (non-hydrogen) atoms. The number of halogens is 1. The fourth-order valence-corrected chi connectivity index (χ4v) is 5.44. The Kier molecular flexibility index (Phi) is 20.6. The number of hydrogen-bond donors (Lipinski definition) is 2. The summed E-state index contributed by atoms with van der Waals surface area (Å²) in [6, 6.07) is 5.51. The molecule has 1 aromatic carbocycles. The molecule has 2 aliphatic rings. The molecule has 2 N–H and O–H groups in total. The van der Waals surface area contributed by atoms with Crippen molar-refractivity contribution >= 4 is 34.7 Å². The Bertz CT molecular complexity index is 1460. The van der Waals surface area contributed by atoms with E-state index in [1.165, 1.54) is 25.8 Å². The number of carbonyl (C=O) groups is 1. The third-order valence-electron chi connectivity index (χ3n) is 7.87. The number of nitrogens with one attached hydrogen (secondary N) is 2. The van der Waals surface area contributed by atoms with E-state index in [4.69, 9.17) is 30.3 Å². The predicted molar refractivity (Wildman–Crippen MR) is 200 cm³/mol. The molecule has 3 aromatic rings. The van der Waals surface area contributed by atoms with Crippen LogP contribution < -0.4 is 24.8 Å². The SMILES string of the molecule is CC.CCOC.CCc1cc(NC=O)no1.CN/C1=C/CCC(Oc2ncnc3cc(OCCCN4CCC(C)C4)c(OC)cc23)CC=C1Cl. The molecule has 0 spiro atoms. The number of likely N-dealkylation sites (N-methyl/N-ethyl adjacent to an activating group) is 1. The van der Waals surface area contributed by atoms with Crippen LogP contribution in [0.2, 0.25) is 0 Å². The lowest BCUT2D eigenvalue weighted by atomic mass is 10.1. The summed E-state index contributed by atoms with van der Waals surface area (Å²) < 4.78 is 27.4. The van der Waals surface area contributed by atoms with Crippen LogP contribution in [0.5, 0.6) is 17.4 Å². The molecule has 13 heteroatoms. The number of allylic oxidation sites excluding steroid dienone is 2. The average molecular weight is 717 g/mol. The quantitative estimate of drug-likeness (QED) is 0.136. The Morgan fingerprint density at radius 3 is 2.50 bits per heavy atom. The van der Waals surface area contributed by atoms with Gasteiger partial charge in [0.15, 0.2) is 17.3 Å². The summed E-state index contributed by atoms with van der Waals surface area (Å²) >= 11 is 6.39. The first kappa shape index (κ1) is 42.3. The Hall–Kier alpha value is -3.87. The van der Waals surface area contributed by atoms with E-state index in [9.17, 15) is 4.79 Å². The molecule has 1 aliphatic carbocycles. The van der Waals surface area contributed by atoms with Crippen molar-refractivity contribution in [1.82, 2.24) is 25.3 Å². The maximum Gasteiger partial charge on any atom is 0.224 e. The van der Waals surface area contributed by atoms with Gasteiger partial charge < -0.3 is 39.0 Å². The van der Waals surface area contributed by atoms with Crippen LogP contribution in [0.3, 0.4) is 0 Å². The normalized spacial score (nSPS) is 18.2. The van der Waals surface area contributed by atoms with E-state index in [2.05, 4.69) is 48.4 Å². The number of benzene rings is 1. The van der Waals surface area contributed by atoms with Crippen LogP contribution in [0.1, 0.15) is 72.5 Å². The fourth-order valence-electron chi connectivity index (χ4n) is 5.17. The number of nitrogens with zero attached hydrogens (tertiary/aromatic N) is 4. The van der Waals surface area contributed by atoms with Gasteiger partial charge in [0.1, 0.15) is 18.2 Å². The van der Waals surface area contributed by atoms with E-state index in [0.29, 0.717) is 47.7 Å². The van der Waals surface area contributed by atoms with Gasteiger partial charge in [0.2, 0.25) is 12.3 Å². The zero-order chi connectivity index (χ0) is 36.7. The first-order chi connectivity index (χ1) is 24.3. The Balaban J connectivity index is 0.000000450. The van der Waals surface area contributed by atoms with Crippen molar-refractivity contribution in [2.75, 3.05) is 59.4 Å². The molecular formula is C37H57ClN6O6. The summed E-state index contributed by atoms with van der Waals surface area (Å²) in [7, 11) is 5.21. The smallest absolute Gasteiger partial charge is 0.224 e. The van der Waals surface area contributed by atoms with E-state index in [-0.39, 0.29) is 6.10 Å². The number of methoxy groups -OCH3 is 2. The van der Waals surface area contributed by atoms with Crippen molar-refractivity contribution in [3.8, 4) is 17.4 Å². The summed E-state index contributed by atoms with van der Waals surface area (Å²) in [6.07, 6.45) is 11.7. The van der Waals surface area contributed by atoms with Crippen LogP contribution in [-0.4, -0.2) is 86.7 Å². The topological polar surface area (TPSA) is 133 Å². The van der Waals surface area contributed by atoms with Gasteiger partial charge in [-0.3, -0.25) is 4.79 Å². The lowest BCUT2D eigenvalue weighted by molar-refractivity contribution is -0.105. The molecular weight excluding hydrogens is 660 g/mol. The first-order valence-corrected chi connectivity index (χ1v) is 18.0. The molecule has 278 valence electrons. The van der Waals surface area contributed by atoms with E-state index in [1.54, 1.807) is 20.3 Å². The summed E-state index contributed by atoms with van der Waals surface area (Å²) in [5.74, 6) is 3.93. The number of rotatable bonds is 13. The number of ether oxygens (including phenoxy) is 4. The van der Waals surface area contributed by atoms with Crippen LogP contribution in [-0.2, 0) is 16.0 Å². The second-order valence-electron chi connectivity index (χ2n) is 11.4. The monoisotopic (exact) mass is 716 g/mol. The van der Waals surface area contributed by atoms with Gasteiger partial charge in [-0.2, -0.15) is 0 Å². The largest absolute Gasteiger partial charge is 0.493 e. The minimum absolute atomic E-state index is 0.0308. The first-order valence-electron chi connectivity index (χ1n) is 17.6. The van der Waals surface area contributed by atoms with E-state index < -0.39 is 0 Å². The van der Waals surface area contributed by atoms with Crippen LogP contribution in [0.4, 0.5) is 5.82 Å². The molecule has 0 radical (unpaired) electrons. The molecule has 5 rings (SSSR count). The summed E-state index contributed by atoms with van der Waals surface area (Å²) in [5, 5.41) is 10.6. The van der Waals surface area contributed by atoms with Crippen molar-refractivity contribution in [3.05, 3.63) is 53.2 Å². The molecule has 1 saturated heterocycles. The van der Waals surface area contributed by atoms with Gasteiger partial charge in [0.25, 0.3) is 0 Å². The lowest BCUT2D eigenvalue weighted by Gasteiger charge is -2.20. The minimum atomic E-state index is -0.0308. The van der Waals surface area contributed by atoms with Crippen molar-refractivity contribution < 1.29 is 28.3 Å². The third kappa shape index (κ3) is 14.2. The Morgan fingerprint density at radius 1 is 1.10 bits per heavy atom. The van der Waals surface area contributed by atoms with Gasteiger partial charge in [-0.05, 0) is 51.1 Å². The van der Waals surface area contributed by atoms with Gasteiger partial charge in [-0.25, -0.2) is 9.97 Å². The minimum Gasteiger partial charge on any atom is -0.493 e. The number of likely N-dealkylation sites (tertiary alicyclic amines) is 1. The number of carbonyl (C=O) groups excluding carboxylic acids is 1. The number of aromatic nitrogens is 3. The fraction of sp³-hybridized carbons (Fsp3) is 0.568. The van der Waals surface area contributed by atoms with Crippen LogP contribution in [0.25, 0.3) is 10.9 Å². The highest BCUT2D eigenvalue weighted by molar-refractivity contribution is 6.31. The molecule has 12 nitrogen and oxygen atoms in total. The number of anilines is 1. The zero-order valence-electron chi connectivity index (χ0n) is 31.1. The highest BCUT2D eigenvalue weighted by atomic mass is 35.5. The zero-order valence-corrected chi connectivity index (χ0v) is 31.8. The molecule has 2 unspecified atom stereocenters. The summed E-state index contributed by atoms with van der Waals surface area (Å²) in [4.78, 5) is 21.3. The highest BCUT2D eigenvalue weighted by Crippen LogP contribution is 2.35. The van der Waals surface area contributed by atoms with Crippen molar-refractivity contribution in [1.29, 1.82) is 0 Å². The maximum atomic E-state index is 9.88. The number of amides is 1. The van der Waals surface area contributed by atoms with Gasteiger partial charge in [-0.1, -0.05) is 56.6 Å². The Morgan fingerprint density at radius 2 is 1.88 bits per heavy atom. The van der Waals surface area contributed by atoms with E-state index in [1.807, 2.05) is 53.0 Å². The van der Waals surface area contributed by atoms with Gasteiger partial charge >= 0.3 is 0 Å². The Labute approximate surface area is 302 Å². The molecule has 1 fully saturated rings. The number of fused-ring (bicyclic) bond motifs is 1. The lowest BCUT2D eigenvalue weighted by Crippen LogP contribution is -2.23. The summed E-state index contributed by atoms with van der Waals surface area (Å²) in [6.45, 7) is 15.1. The molecule has 0 saturated carbocycles. The number of aryl methyl sites for hydroxylation is 1. The second-order valence-corrected chi connectivity index (χ2v) is 11.8. The van der Waals surface area contributed by atoms with Crippen molar-refractivity contribution in [3.63, 3.8) is 0 Å². The molecule has 1 aliphatic heterocycles. The van der Waals surface area contributed by atoms with Crippen LogP contribution >= 0.6 is 11.6 Å². The van der Waals surface area contributed by atoms with Crippen molar-refractivity contribution in [2.45, 2.75) is 79.2 Å². The van der Waals surface area contributed by atoms with Crippen molar-refractivity contribution in [2.24, 2.45) is 5.92 Å². The van der Waals surface area contributed by atoms with Crippen LogP contribution in [0.15, 0.2) is 51.9 Å². The number of hydrogen-bond acceptors (Lipinski definition) is 11. The van der Waals surface area contributed by atoms with Gasteiger partial charge in [-0.15, -0.1) is 0 Å². The average Bonchev–Trinajstić information content (AvgIpc) is 3.79. The standard InChI is InChI=1S/C26H35ClN4O3.C6H8N2O2.C3H8O.C2H6/c1-18-10-12-31(16-18)11-5-13-33-25-15-23-20(14-24(25)32-3)26(30-17-29-23)34-19-6-4-7-22(28-2)21(27)9-8-19;1-2-5-3-6(7-4-9)8-10-5;1-3-4-2;1-2/h7,9,14-15,17-19,28H,4-6,8,10-13,16H2,1-3H3;3-4H,2H2,1H3,(H,7,8,9);3H2,1-2H3;1-2H3/b21-9?,22-7+;;;. The molecule has 1 amide bonds. The van der Waals surface area contributed by atoms with E-state index >= 15 is 0 Å². The molecule has 0 bridgehead atoms. The van der Waals surface area contributed by atoms with Gasteiger partial charge in [0, 0.05) is 64.5 Å². The predicted octanol–water partition coefficient (Wildman–Crippen LogP) is 7.39. The highest BCUT2D eigenvalue weighted by Gasteiger charge is 2.19. The molecule has 2 aromatic heterocycles. The molecule has 3 heterocycles. The van der Waals surface area contributed by atoms with Gasteiger partial charge in [0.05, 0.1) is 29.7 Å². The summed E-state index contributed by atoms with van der Waals surface area (Å²) in [5.41, 5.74) is 1.73. The molecule has 2 atom stereocenters. The maximum absolute atomic E-state index is 9.88. The van der Waals surface area contributed by atoms with Crippen LogP contribution in [0, 0.1) is 5.92 Å².